The van der Waals surface area contributed by atoms with Gasteiger partial charge >= 0.3 is 0 Å². The molecule has 0 saturated carbocycles. The molecule has 6 heteroatoms. The Kier molecular flexibility index (Phi) is 6.14. The lowest BCUT2D eigenvalue weighted by Gasteiger charge is -2.11. The van der Waals surface area contributed by atoms with E-state index in [1.54, 1.807) is 0 Å². The molecule has 0 bridgehead atoms. The van der Waals surface area contributed by atoms with E-state index in [1.807, 2.05) is 60.8 Å². The highest BCUT2D eigenvalue weighted by Crippen LogP contribution is 2.45. The standard InChI is InChI=1S/C18H18BrNO2S2/c1-12-10-14(19)4-7-16(12)20-17(21)11-22-15-5-2-13(3-6-15)18-23-8-9-24-18/h2-7,10,18H,8-9,11H2,1H3,(H,20,21). The summed E-state index contributed by atoms with van der Waals surface area (Å²) in [6.07, 6.45) is 0. The number of carbonyl (C=O) groups is 1. The van der Waals surface area contributed by atoms with Crippen molar-refractivity contribution in [2.45, 2.75) is 11.5 Å². The minimum atomic E-state index is -0.161. The van der Waals surface area contributed by atoms with Crippen molar-refractivity contribution in [2.24, 2.45) is 0 Å². The van der Waals surface area contributed by atoms with E-state index in [1.165, 1.54) is 17.1 Å². The Morgan fingerprint density at radius 1 is 1.21 bits per heavy atom. The molecule has 2 aromatic rings. The van der Waals surface area contributed by atoms with Crippen LogP contribution in [0.25, 0.3) is 0 Å². The van der Waals surface area contributed by atoms with Gasteiger partial charge in [0.2, 0.25) is 0 Å². The fourth-order valence-corrected chi connectivity index (χ4v) is 5.71. The Labute approximate surface area is 159 Å². The zero-order chi connectivity index (χ0) is 16.9. The van der Waals surface area contributed by atoms with Gasteiger partial charge in [-0.05, 0) is 48.4 Å². The van der Waals surface area contributed by atoms with Crippen molar-refractivity contribution in [3.63, 3.8) is 0 Å². The van der Waals surface area contributed by atoms with Crippen LogP contribution in [0.15, 0.2) is 46.9 Å². The second kappa shape index (κ2) is 8.32. The monoisotopic (exact) mass is 423 g/mol. The molecule has 1 aliphatic heterocycles. The molecule has 2 aromatic carbocycles. The number of amides is 1. The van der Waals surface area contributed by atoms with Gasteiger partial charge < -0.3 is 10.1 Å². The number of rotatable bonds is 5. The number of aryl methyl sites for hydroxylation is 1. The predicted octanol–water partition coefficient (Wildman–Crippen LogP) is 5.25. The molecule has 0 radical (unpaired) electrons. The fraction of sp³-hybridized carbons (Fsp3) is 0.278. The van der Waals surface area contributed by atoms with Crippen LogP contribution in [-0.4, -0.2) is 24.0 Å². The summed E-state index contributed by atoms with van der Waals surface area (Å²) in [5, 5.41) is 2.87. The molecule has 0 aliphatic carbocycles. The quantitative estimate of drug-likeness (QED) is 0.711. The third-order valence-electron chi connectivity index (χ3n) is 3.61. The van der Waals surface area contributed by atoms with Gasteiger partial charge in [-0.2, -0.15) is 0 Å². The van der Waals surface area contributed by atoms with E-state index in [4.69, 9.17) is 4.74 Å². The van der Waals surface area contributed by atoms with Gasteiger partial charge in [-0.3, -0.25) is 4.79 Å². The first kappa shape index (κ1) is 17.7. The van der Waals surface area contributed by atoms with Crippen LogP contribution in [0.4, 0.5) is 5.69 Å². The van der Waals surface area contributed by atoms with E-state index in [0.29, 0.717) is 4.58 Å². The van der Waals surface area contributed by atoms with Gasteiger partial charge in [0.25, 0.3) is 5.91 Å². The molecule has 1 amide bonds. The first-order chi connectivity index (χ1) is 11.6. The average Bonchev–Trinajstić information content (AvgIpc) is 3.11. The summed E-state index contributed by atoms with van der Waals surface area (Å²) >= 11 is 7.37. The molecule has 24 heavy (non-hydrogen) atoms. The molecule has 3 rings (SSSR count). The molecular weight excluding hydrogens is 406 g/mol. The van der Waals surface area contributed by atoms with Crippen molar-refractivity contribution in [3.8, 4) is 5.75 Å². The predicted molar refractivity (Wildman–Crippen MR) is 107 cm³/mol. The molecule has 0 unspecified atom stereocenters. The summed E-state index contributed by atoms with van der Waals surface area (Å²) in [7, 11) is 0. The molecular formula is C18H18BrNO2S2. The molecule has 0 aromatic heterocycles. The topological polar surface area (TPSA) is 38.3 Å². The maximum atomic E-state index is 12.0. The largest absolute Gasteiger partial charge is 0.484 e. The van der Waals surface area contributed by atoms with Crippen LogP contribution in [0.1, 0.15) is 15.7 Å². The highest BCUT2D eigenvalue weighted by Gasteiger charge is 2.18. The maximum absolute atomic E-state index is 12.0. The van der Waals surface area contributed by atoms with Gasteiger partial charge in [0.05, 0.1) is 4.58 Å². The molecule has 1 aliphatic rings. The van der Waals surface area contributed by atoms with Crippen LogP contribution >= 0.6 is 39.5 Å². The summed E-state index contributed by atoms with van der Waals surface area (Å²) in [6, 6.07) is 13.8. The van der Waals surface area contributed by atoms with Crippen LogP contribution in [0.5, 0.6) is 5.75 Å². The summed E-state index contributed by atoms with van der Waals surface area (Å²) in [6.45, 7) is 1.96. The summed E-state index contributed by atoms with van der Waals surface area (Å²) in [5.74, 6) is 2.98. The maximum Gasteiger partial charge on any atom is 0.262 e. The fourth-order valence-electron chi connectivity index (χ4n) is 2.37. The molecule has 1 N–H and O–H groups in total. The van der Waals surface area contributed by atoms with E-state index in [9.17, 15) is 4.79 Å². The molecule has 126 valence electrons. The van der Waals surface area contributed by atoms with Gasteiger partial charge in [-0.25, -0.2) is 0 Å². The Hall–Kier alpha value is -1.11. The van der Waals surface area contributed by atoms with Crippen LogP contribution in [0.2, 0.25) is 0 Å². The first-order valence-electron chi connectivity index (χ1n) is 7.64. The second-order valence-corrected chi connectivity index (χ2v) is 9.08. The van der Waals surface area contributed by atoms with Crippen molar-refractivity contribution in [1.29, 1.82) is 0 Å². The third-order valence-corrected chi connectivity index (χ3v) is 7.20. The molecule has 1 fully saturated rings. The number of halogens is 1. The van der Waals surface area contributed by atoms with E-state index < -0.39 is 0 Å². The van der Waals surface area contributed by atoms with E-state index in [0.717, 1.165) is 21.5 Å². The molecule has 1 heterocycles. The van der Waals surface area contributed by atoms with Gasteiger partial charge in [0, 0.05) is 21.7 Å². The number of nitrogens with one attached hydrogen (secondary N) is 1. The van der Waals surface area contributed by atoms with Gasteiger partial charge in [-0.15, -0.1) is 23.5 Å². The lowest BCUT2D eigenvalue weighted by atomic mass is 10.2. The normalized spacial score (nSPS) is 14.6. The van der Waals surface area contributed by atoms with E-state index in [-0.39, 0.29) is 12.5 Å². The summed E-state index contributed by atoms with van der Waals surface area (Å²) in [5.41, 5.74) is 3.12. The van der Waals surface area contributed by atoms with Crippen molar-refractivity contribution < 1.29 is 9.53 Å². The minimum Gasteiger partial charge on any atom is -0.484 e. The number of thioether (sulfide) groups is 2. The minimum absolute atomic E-state index is 0.00177. The van der Waals surface area contributed by atoms with Crippen LogP contribution in [0.3, 0.4) is 0 Å². The van der Waals surface area contributed by atoms with E-state index >= 15 is 0 Å². The van der Waals surface area contributed by atoms with Crippen molar-refractivity contribution >= 4 is 51.0 Å². The molecule has 3 nitrogen and oxygen atoms in total. The Bertz CT molecular complexity index is 715. The lowest BCUT2D eigenvalue weighted by Crippen LogP contribution is -2.20. The second-order valence-electron chi connectivity index (χ2n) is 5.44. The first-order valence-corrected chi connectivity index (χ1v) is 10.5. The van der Waals surface area contributed by atoms with Crippen LogP contribution in [0, 0.1) is 6.92 Å². The van der Waals surface area contributed by atoms with Crippen molar-refractivity contribution in [2.75, 3.05) is 23.4 Å². The number of ether oxygens (including phenoxy) is 1. The Morgan fingerprint density at radius 2 is 1.92 bits per heavy atom. The molecule has 0 spiro atoms. The SMILES string of the molecule is Cc1cc(Br)ccc1NC(=O)COc1ccc(C2SCCS2)cc1. The number of carbonyl (C=O) groups excluding carboxylic acids is 1. The zero-order valence-corrected chi connectivity index (χ0v) is 16.5. The Morgan fingerprint density at radius 3 is 2.58 bits per heavy atom. The smallest absolute Gasteiger partial charge is 0.262 e. The van der Waals surface area contributed by atoms with Gasteiger partial charge in [0.15, 0.2) is 6.61 Å². The number of hydrogen-bond donors (Lipinski definition) is 1. The average molecular weight is 424 g/mol. The third kappa shape index (κ3) is 4.71. The highest BCUT2D eigenvalue weighted by atomic mass is 79.9. The zero-order valence-electron chi connectivity index (χ0n) is 13.3. The number of benzene rings is 2. The van der Waals surface area contributed by atoms with Gasteiger partial charge in [0.1, 0.15) is 5.75 Å². The lowest BCUT2D eigenvalue weighted by molar-refractivity contribution is -0.118. The number of anilines is 1. The van der Waals surface area contributed by atoms with E-state index in [2.05, 4.69) is 33.4 Å². The highest BCUT2D eigenvalue weighted by molar-refractivity contribution is 9.10. The van der Waals surface area contributed by atoms with Crippen molar-refractivity contribution in [1.82, 2.24) is 0 Å². The summed E-state index contributed by atoms with van der Waals surface area (Å²) < 4.78 is 7.11. The molecule has 1 saturated heterocycles. The Balaban J connectivity index is 1.52. The van der Waals surface area contributed by atoms with Crippen LogP contribution in [-0.2, 0) is 4.79 Å². The van der Waals surface area contributed by atoms with Crippen LogP contribution < -0.4 is 10.1 Å². The summed E-state index contributed by atoms with van der Waals surface area (Å²) in [4.78, 5) is 12.0. The van der Waals surface area contributed by atoms with Crippen molar-refractivity contribution in [3.05, 3.63) is 58.1 Å². The molecule has 0 atom stereocenters. The number of hydrogen-bond acceptors (Lipinski definition) is 4. The van der Waals surface area contributed by atoms with Gasteiger partial charge in [-0.1, -0.05) is 28.1 Å².